The Balaban J connectivity index is 1.96. The van der Waals surface area contributed by atoms with Gasteiger partial charge in [-0.15, -0.1) is 0 Å². The summed E-state index contributed by atoms with van der Waals surface area (Å²) in [5.74, 6) is -0.0468. The molecule has 0 radical (unpaired) electrons. The Kier molecular flexibility index (Phi) is 4.88. The molecule has 8 nitrogen and oxygen atoms in total. The second-order valence-corrected chi connectivity index (χ2v) is 7.80. The number of carbonyl (C=O) groups excluding carboxylic acids is 1. The molecule has 0 unspecified atom stereocenters. The van der Waals surface area contributed by atoms with Crippen LogP contribution in [0, 0.1) is 17.0 Å². The van der Waals surface area contributed by atoms with Crippen LogP contribution in [0.25, 0.3) is 0 Å². The van der Waals surface area contributed by atoms with E-state index >= 15 is 0 Å². The van der Waals surface area contributed by atoms with Gasteiger partial charge in [0, 0.05) is 17.7 Å². The predicted octanol–water partition coefficient (Wildman–Crippen LogP) is 0.974. The zero-order valence-corrected chi connectivity index (χ0v) is 13.6. The molecule has 0 bridgehead atoms. The maximum atomic E-state index is 12.0. The van der Waals surface area contributed by atoms with Crippen LogP contribution in [0.2, 0.25) is 0 Å². The lowest BCUT2D eigenvalue weighted by Crippen LogP contribution is -2.43. The van der Waals surface area contributed by atoms with Crippen molar-refractivity contribution in [1.29, 1.82) is 0 Å². The van der Waals surface area contributed by atoms with E-state index in [4.69, 9.17) is 4.74 Å². The highest BCUT2D eigenvalue weighted by molar-refractivity contribution is 7.91. The van der Waals surface area contributed by atoms with Crippen molar-refractivity contribution >= 4 is 21.4 Å². The number of benzene rings is 1. The summed E-state index contributed by atoms with van der Waals surface area (Å²) in [7, 11) is -3.06. The molecule has 23 heavy (non-hydrogen) atoms. The molecule has 126 valence electrons. The molecule has 1 N–H and O–H groups in total. The number of sulfone groups is 1. The second-order valence-electron chi connectivity index (χ2n) is 5.57. The Morgan fingerprint density at radius 3 is 2.70 bits per heavy atom. The van der Waals surface area contributed by atoms with Gasteiger partial charge >= 0.3 is 0 Å². The Morgan fingerprint density at radius 2 is 2.17 bits per heavy atom. The van der Waals surface area contributed by atoms with Crippen LogP contribution in [0.3, 0.4) is 0 Å². The van der Waals surface area contributed by atoms with Gasteiger partial charge in [-0.25, -0.2) is 8.42 Å². The van der Waals surface area contributed by atoms with E-state index in [0.29, 0.717) is 17.7 Å². The smallest absolute Gasteiger partial charge is 0.272 e. The van der Waals surface area contributed by atoms with Crippen molar-refractivity contribution in [2.45, 2.75) is 32.4 Å². The quantitative estimate of drug-likeness (QED) is 0.630. The zero-order chi connectivity index (χ0) is 17.2. The average Bonchev–Trinajstić information content (AvgIpc) is 2.77. The van der Waals surface area contributed by atoms with Crippen LogP contribution in [-0.4, -0.2) is 42.9 Å². The van der Waals surface area contributed by atoms with E-state index in [2.05, 4.69) is 5.32 Å². The highest BCUT2D eigenvalue weighted by atomic mass is 32.2. The largest absolute Gasteiger partial charge is 0.481 e. The summed E-state index contributed by atoms with van der Waals surface area (Å²) in [6.45, 7) is 3.12. The van der Waals surface area contributed by atoms with Gasteiger partial charge < -0.3 is 10.1 Å². The van der Waals surface area contributed by atoms with Crippen molar-refractivity contribution in [1.82, 2.24) is 5.32 Å². The van der Waals surface area contributed by atoms with Gasteiger partial charge in [0.15, 0.2) is 15.9 Å². The summed E-state index contributed by atoms with van der Waals surface area (Å²) >= 11 is 0. The van der Waals surface area contributed by atoms with Gasteiger partial charge in [0.05, 0.1) is 16.4 Å². The van der Waals surface area contributed by atoms with Crippen molar-refractivity contribution in [3.8, 4) is 5.75 Å². The molecule has 1 saturated heterocycles. The Bertz CT molecular complexity index is 731. The van der Waals surface area contributed by atoms with Gasteiger partial charge in [-0.2, -0.15) is 0 Å². The average molecular weight is 342 g/mol. The van der Waals surface area contributed by atoms with Crippen molar-refractivity contribution < 1.29 is 22.9 Å². The van der Waals surface area contributed by atoms with Crippen LogP contribution in [0.15, 0.2) is 18.2 Å². The molecule has 2 atom stereocenters. The van der Waals surface area contributed by atoms with E-state index in [1.165, 1.54) is 25.1 Å². The lowest BCUT2D eigenvalue weighted by atomic mass is 10.2. The van der Waals surface area contributed by atoms with Crippen molar-refractivity contribution in [2.75, 3.05) is 11.5 Å². The number of hydrogen-bond donors (Lipinski definition) is 1. The number of amides is 1. The van der Waals surface area contributed by atoms with Gasteiger partial charge in [0.25, 0.3) is 11.6 Å². The molecular weight excluding hydrogens is 324 g/mol. The molecule has 2 rings (SSSR count). The molecule has 1 aromatic carbocycles. The first-order valence-corrected chi connectivity index (χ1v) is 8.92. The summed E-state index contributed by atoms with van der Waals surface area (Å²) < 4.78 is 28.2. The Labute approximate surface area is 133 Å². The lowest BCUT2D eigenvalue weighted by Gasteiger charge is -2.17. The number of ether oxygens (including phenoxy) is 1. The first kappa shape index (κ1) is 17.2. The van der Waals surface area contributed by atoms with Crippen LogP contribution in [-0.2, 0) is 14.6 Å². The van der Waals surface area contributed by atoms with Crippen molar-refractivity contribution in [2.24, 2.45) is 0 Å². The fourth-order valence-corrected chi connectivity index (χ4v) is 4.06. The van der Waals surface area contributed by atoms with Crippen LogP contribution in [0.1, 0.15) is 18.9 Å². The maximum Gasteiger partial charge on any atom is 0.272 e. The molecule has 1 aromatic rings. The first-order valence-electron chi connectivity index (χ1n) is 7.10. The van der Waals surface area contributed by atoms with Gasteiger partial charge in [0.2, 0.25) is 0 Å². The number of aryl methyl sites for hydroxylation is 1. The summed E-state index contributed by atoms with van der Waals surface area (Å²) in [6.07, 6.45) is -0.434. The number of nitrogens with zero attached hydrogens (tertiary/aromatic N) is 1. The molecule has 0 aliphatic carbocycles. The maximum absolute atomic E-state index is 12.0. The lowest BCUT2D eigenvalue weighted by molar-refractivity contribution is -0.385. The highest BCUT2D eigenvalue weighted by Crippen LogP contribution is 2.23. The third-order valence-corrected chi connectivity index (χ3v) is 5.39. The number of carbonyl (C=O) groups is 1. The topological polar surface area (TPSA) is 116 Å². The Morgan fingerprint density at radius 1 is 1.48 bits per heavy atom. The zero-order valence-electron chi connectivity index (χ0n) is 12.8. The van der Waals surface area contributed by atoms with E-state index in [-0.39, 0.29) is 17.2 Å². The summed E-state index contributed by atoms with van der Waals surface area (Å²) in [5, 5.41) is 13.4. The first-order chi connectivity index (χ1) is 10.7. The number of hydrogen-bond acceptors (Lipinski definition) is 6. The van der Waals surface area contributed by atoms with Gasteiger partial charge in [-0.1, -0.05) is 0 Å². The van der Waals surface area contributed by atoms with Gasteiger partial charge in [-0.05, 0) is 32.4 Å². The standard InChI is InChI=1S/C14H18N2O6S/c1-9-7-12(3-4-13(9)16(18)19)22-10(2)14(17)15-11-5-6-23(20,21)8-11/h3-4,7,10-11H,5-6,8H2,1-2H3,(H,15,17)/t10-,11+/m1/s1. The SMILES string of the molecule is Cc1cc(O[C@H](C)C(=O)N[C@H]2CCS(=O)(=O)C2)ccc1[N+](=O)[O-]. The van der Waals surface area contributed by atoms with E-state index in [1.54, 1.807) is 6.92 Å². The number of rotatable bonds is 5. The molecule has 1 fully saturated rings. The van der Waals surface area contributed by atoms with E-state index in [9.17, 15) is 23.3 Å². The molecule has 0 aromatic heterocycles. The minimum Gasteiger partial charge on any atom is -0.481 e. The summed E-state index contributed by atoms with van der Waals surface area (Å²) in [6, 6.07) is 3.84. The number of nitrogens with one attached hydrogen (secondary N) is 1. The van der Waals surface area contributed by atoms with Gasteiger partial charge in [-0.3, -0.25) is 14.9 Å². The minimum atomic E-state index is -3.06. The van der Waals surface area contributed by atoms with Crippen molar-refractivity contribution in [3.63, 3.8) is 0 Å². The molecule has 0 spiro atoms. The molecule has 1 amide bonds. The molecule has 0 saturated carbocycles. The Hall–Kier alpha value is -2.16. The van der Waals surface area contributed by atoms with Crippen LogP contribution in [0.5, 0.6) is 5.75 Å². The van der Waals surface area contributed by atoms with Crippen LogP contribution >= 0.6 is 0 Å². The molecule has 9 heteroatoms. The third kappa shape index (κ3) is 4.41. The van der Waals surface area contributed by atoms with E-state index < -0.39 is 32.8 Å². The van der Waals surface area contributed by atoms with E-state index in [0.717, 1.165) is 0 Å². The minimum absolute atomic E-state index is 0.0226. The van der Waals surface area contributed by atoms with Crippen LogP contribution in [0.4, 0.5) is 5.69 Å². The molecule has 1 aliphatic rings. The number of nitro groups is 1. The predicted molar refractivity (Wildman–Crippen MR) is 83.1 cm³/mol. The summed E-state index contributed by atoms with van der Waals surface area (Å²) in [4.78, 5) is 22.3. The van der Waals surface area contributed by atoms with Gasteiger partial charge in [0.1, 0.15) is 5.75 Å². The number of nitro benzene ring substituents is 1. The molecule has 1 aliphatic heterocycles. The van der Waals surface area contributed by atoms with Crippen molar-refractivity contribution in [3.05, 3.63) is 33.9 Å². The normalized spacial score (nSPS) is 20.7. The monoisotopic (exact) mass is 342 g/mol. The van der Waals surface area contributed by atoms with Crippen LogP contribution < -0.4 is 10.1 Å². The fraction of sp³-hybridized carbons (Fsp3) is 0.500. The molecule has 1 heterocycles. The summed E-state index contributed by atoms with van der Waals surface area (Å²) in [5.41, 5.74) is 0.410. The van der Waals surface area contributed by atoms with E-state index in [1.807, 2.05) is 0 Å². The molecular formula is C14H18N2O6S. The fourth-order valence-electron chi connectivity index (χ4n) is 2.39. The highest BCUT2D eigenvalue weighted by Gasteiger charge is 2.30. The third-order valence-electron chi connectivity index (χ3n) is 3.63. The second kappa shape index (κ2) is 6.53.